The minimum absolute atomic E-state index is 0.125. The number of ether oxygens (including phenoxy) is 1. The number of nitrogens with one attached hydrogen (secondary N) is 1. The molecule has 7 heteroatoms. The summed E-state index contributed by atoms with van der Waals surface area (Å²) in [7, 11) is 0. The highest BCUT2D eigenvalue weighted by molar-refractivity contribution is 5.94. The second kappa shape index (κ2) is 8.50. The van der Waals surface area contributed by atoms with Gasteiger partial charge in [-0.1, -0.05) is 6.07 Å². The number of hydrogen-bond acceptors (Lipinski definition) is 5. The van der Waals surface area contributed by atoms with E-state index in [1.807, 2.05) is 48.9 Å². The average Bonchev–Trinajstić information content (AvgIpc) is 3.39. The number of carbonyl (C=O) groups excluding carboxylic acids is 1. The quantitative estimate of drug-likeness (QED) is 0.509. The molecule has 3 heterocycles. The highest BCUT2D eigenvalue weighted by Gasteiger charge is 2.27. The lowest BCUT2D eigenvalue weighted by Gasteiger charge is -2.14. The molecule has 0 saturated carbocycles. The number of aromatic nitrogens is 4. The van der Waals surface area contributed by atoms with Gasteiger partial charge in [-0.25, -0.2) is 4.68 Å². The summed E-state index contributed by atoms with van der Waals surface area (Å²) in [6.45, 7) is 6.46. The fourth-order valence-electron chi connectivity index (χ4n) is 4.29. The van der Waals surface area contributed by atoms with Gasteiger partial charge < -0.3 is 10.1 Å². The summed E-state index contributed by atoms with van der Waals surface area (Å²) in [5.41, 5.74) is 7.54. The van der Waals surface area contributed by atoms with Gasteiger partial charge in [0.1, 0.15) is 11.9 Å². The molecule has 33 heavy (non-hydrogen) atoms. The van der Waals surface area contributed by atoms with Crippen LogP contribution < -0.4 is 10.1 Å². The Labute approximate surface area is 192 Å². The summed E-state index contributed by atoms with van der Waals surface area (Å²) < 4.78 is 8.10. The molecule has 0 saturated heterocycles. The Morgan fingerprint density at radius 1 is 1.12 bits per heavy atom. The largest absolute Gasteiger partial charge is 0.487 e. The molecule has 1 atom stereocenters. The molecule has 1 aliphatic heterocycles. The van der Waals surface area contributed by atoms with Crippen LogP contribution in [0, 0.1) is 20.8 Å². The lowest BCUT2D eigenvalue weighted by molar-refractivity contribution is 0.0933. The third kappa shape index (κ3) is 4.22. The first kappa shape index (κ1) is 20.9. The zero-order valence-corrected chi connectivity index (χ0v) is 18.9. The van der Waals surface area contributed by atoms with Crippen LogP contribution in [0.25, 0.3) is 16.9 Å². The lowest BCUT2D eigenvalue weighted by atomic mass is 10.0. The number of aryl methyl sites for hydroxylation is 3. The van der Waals surface area contributed by atoms with Gasteiger partial charge in [-0.05, 0) is 68.3 Å². The van der Waals surface area contributed by atoms with Crippen LogP contribution in [-0.2, 0) is 6.42 Å². The van der Waals surface area contributed by atoms with E-state index in [1.165, 1.54) is 0 Å². The third-order valence-corrected chi connectivity index (χ3v) is 5.76. The van der Waals surface area contributed by atoms with Crippen LogP contribution in [0.3, 0.4) is 0 Å². The Bertz CT molecular complexity index is 1310. The second-order valence-electron chi connectivity index (χ2n) is 8.43. The molecule has 0 aliphatic carbocycles. The molecule has 2 aromatic carbocycles. The zero-order valence-electron chi connectivity index (χ0n) is 18.9. The summed E-state index contributed by atoms with van der Waals surface area (Å²) in [5, 5.41) is 7.50. The fraction of sp³-hybridized carbons (Fsp3) is 0.231. The van der Waals surface area contributed by atoms with Crippen LogP contribution in [0.1, 0.15) is 32.9 Å². The minimum Gasteiger partial charge on any atom is -0.487 e. The topological polar surface area (TPSA) is 81.9 Å². The van der Waals surface area contributed by atoms with Crippen molar-refractivity contribution in [2.24, 2.45) is 0 Å². The molecule has 0 radical (unpaired) electrons. The number of amides is 1. The van der Waals surface area contributed by atoms with Gasteiger partial charge in [0, 0.05) is 35.6 Å². The smallest absolute Gasteiger partial charge is 0.251 e. The van der Waals surface area contributed by atoms with Crippen LogP contribution in [-0.4, -0.2) is 38.3 Å². The normalized spacial score (nSPS) is 14.6. The van der Waals surface area contributed by atoms with E-state index in [2.05, 4.69) is 39.4 Å². The molecule has 0 spiro atoms. The van der Waals surface area contributed by atoms with Crippen LogP contribution >= 0.6 is 0 Å². The monoisotopic (exact) mass is 439 g/mol. The number of carbonyl (C=O) groups is 1. The maximum atomic E-state index is 12.7. The molecule has 7 nitrogen and oxygen atoms in total. The highest BCUT2D eigenvalue weighted by atomic mass is 16.5. The molecular weight excluding hydrogens is 414 g/mol. The standard InChI is InChI=1S/C26H25N5O2/c1-16-10-20-13-22(33-25(20)23(11-16)24-15-27-8-9-28-24)14-29-26(32)19-4-6-21(7-5-19)31-18(3)12-17(2)30-31/h4-12,15,22H,13-14H2,1-3H3,(H,29,32). The van der Waals surface area contributed by atoms with Crippen molar-refractivity contribution in [3.05, 3.63) is 89.1 Å². The zero-order chi connectivity index (χ0) is 22.9. The Balaban J connectivity index is 1.25. The molecule has 1 aliphatic rings. The molecule has 0 bridgehead atoms. The first-order valence-corrected chi connectivity index (χ1v) is 11.0. The predicted molar refractivity (Wildman–Crippen MR) is 126 cm³/mol. The highest BCUT2D eigenvalue weighted by Crippen LogP contribution is 2.38. The Morgan fingerprint density at radius 3 is 2.64 bits per heavy atom. The van der Waals surface area contributed by atoms with E-state index >= 15 is 0 Å². The average molecular weight is 440 g/mol. The Kier molecular flexibility index (Phi) is 5.38. The van der Waals surface area contributed by atoms with E-state index in [-0.39, 0.29) is 12.0 Å². The van der Waals surface area contributed by atoms with Gasteiger partial charge in [-0.2, -0.15) is 5.10 Å². The first-order valence-electron chi connectivity index (χ1n) is 11.0. The molecule has 5 rings (SSSR count). The molecule has 1 N–H and O–H groups in total. The number of fused-ring (bicyclic) bond motifs is 1. The maximum absolute atomic E-state index is 12.7. The van der Waals surface area contributed by atoms with Crippen molar-refractivity contribution in [1.82, 2.24) is 25.1 Å². The van der Waals surface area contributed by atoms with Crippen LogP contribution in [0.2, 0.25) is 0 Å². The first-order chi connectivity index (χ1) is 16.0. The van der Waals surface area contributed by atoms with E-state index in [0.29, 0.717) is 12.1 Å². The van der Waals surface area contributed by atoms with Crippen molar-refractivity contribution in [1.29, 1.82) is 0 Å². The molecule has 1 unspecified atom stereocenters. The van der Waals surface area contributed by atoms with Gasteiger partial charge in [0.05, 0.1) is 29.8 Å². The van der Waals surface area contributed by atoms with Gasteiger partial charge >= 0.3 is 0 Å². The van der Waals surface area contributed by atoms with Gasteiger partial charge in [0.25, 0.3) is 5.91 Å². The van der Waals surface area contributed by atoms with Crippen molar-refractivity contribution in [2.75, 3.05) is 6.54 Å². The van der Waals surface area contributed by atoms with Gasteiger partial charge in [0.15, 0.2) is 0 Å². The molecule has 1 amide bonds. The molecular formula is C26H25N5O2. The van der Waals surface area contributed by atoms with Crippen molar-refractivity contribution in [3.8, 4) is 22.7 Å². The summed E-state index contributed by atoms with van der Waals surface area (Å²) in [5.74, 6) is 0.703. The van der Waals surface area contributed by atoms with Crippen molar-refractivity contribution >= 4 is 5.91 Å². The SMILES string of the molecule is Cc1cc2c(c(-c3cnccn3)c1)OC(CNC(=O)c1ccc(-n3nc(C)cc3C)cc1)C2. The van der Waals surface area contributed by atoms with Crippen molar-refractivity contribution in [3.63, 3.8) is 0 Å². The second-order valence-corrected chi connectivity index (χ2v) is 8.43. The van der Waals surface area contributed by atoms with Crippen molar-refractivity contribution < 1.29 is 9.53 Å². The van der Waals surface area contributed by atoms with Crippen molar-refractivity contribution in [2.45, 2.75) is 33.3 Å². The van der Waals surface area contributed by atoms with E-state index in [4.69, 9.17) is 4.74 Å². The molecule has 0 fully saturated rings. The molecule has 166 valence electrons. The predicted octanol–water partition coefficient (Wildman–Crippen LogP) is 3.99. The van der Waals surface area contributed by atoms with E-state index < -0.39 is 0 Å². The fourth-order valence-corrected chi connectivity index (χ4v) is 4.29. The lowest BCUT2D eigenvalue weighted by Crippen LogP contribution is -2.34. The maximum Gasteiger partial charge on any atom is 0.251 e. The number of hydrogen-bond donors (Lipinski definition) is 1. The number of benzene rings is 2. The van der Waals surface area contributed by atoms with Crippen LogP contribution in [0.5, 0.6) is 5.75 Å². The minimum atomic E-state index is -0.129. The van der Waals surface area contributed by atoms with Gasteiger partial charge in [-0.3, -0.25) is 14.8 Å². The Morgan fingerprint density at radius 2 is 1.94 bits per heavy atom. The van der Waals surface area contributed by atoms with Crippen LogP contribution in [0.4, 0.5) is 0 Å². The third-order valence-electron chi connectivity index (χ3n) is 5.76. The van der Waals surface area contributed by atoms with Crippen LogP contribution in [0.15, 0.2) is 61.1 Å². The van der Waals surface area contributed by atoms with E-state index in [1.54, 1.807) is 18.6 Å². The summed E-state index contributed by atoms with van der Waals surface area (Å²) >= 11 is 0. The Hall–Kier alpha value is -4.00. The van der Waals surface area contributed by atoms with Gasteiger partial charge in [0.2, 0.25) is 0 Å². The number of rotatable bonds is 5. The van der Waals surface area contributed by atoms with Gasteiger partial charge in [-0.15, -0.1) is 0 Å². The molecule has 2 aromatic heterocycles. The number of nitrogens with zero attached hydrogens (tertiary/aromatic N) is 4. The van der Waals surface area contributed by atoms with E-state index in [0.717, 1.165) is 51.6 Å². The summed E-state index contributed by atoms with van der Waals surface area (Å²) in [6.07, 6.45) is 5.68. The summed E-state index contributed by atoms with van der Waals surface area (Å²) in [6, 6.07) is 13.7. The van der Waals surface area contributed by atoms with E-state index in [9.17, 15) is 4.79 Å². The summed E-state index contributed by atoms with van der Waals surface area (Å²) in [4.78, 5) is 21.3. The molecule has 4 aromatic rings.